The van der Waals surface area contributed by atoms with E-state index < -0.39 is 21.2 Å². The molecule has 126 valence electrons. The molecule has 3 rings (SSSR count). The van der Waals surface area contributed by atoms with E-state index in [1.165, 1.54) is 4.90 Å². The normalized spacial score (nSPS) is 23.3. The summed E-state index contributed by atoms with van der Waals surface area (Å²) < 4.78 is 34.1. The van der Waals surface area contributed by atoms with Crippen LogP contribution in [-0.4, -0.2) is 67.6 Å². The van der Waals surface area contributed by atoms with Gasteiger partial charge in [-0.1, -0.05) is 6.07 Å². The van der Waals surface area contributed by atoms with Crippen LogP contribution in [0.4, 0.5) is 0 Å². The summed E-state index contributed by atoms with van der Waals surface area (Å²) in [6, 6.07) is 5.51. The molecule has 1 spiro atoms. The van der Waals surface area contributed by atoms with Crippen LogP contribution in [0.3, 0.4) is 0 Å². The number of aromatic nitrogens is 1. The van der Waals surface area contributed by atoms with Crippen LogP contribution in [-0.2, 0) is 19.4 Å². The lowest BCUT2D eigenvalue weighted by Crippen LogP contribution is -2.68. The second-order valence-electron chi connectivity index (χ2n) is 6.25. The van der Waals surface area contributed by atoms with E-state index in [4.69, 9.17) is 9.47 Å². The van der Waals surface area contributed by atoms with Gasteiger partial charge < -0.3 is 14.4 Å². The summed E-state index contributed by atoms with van der Waals surface area (Å²) in [5.41, 5.74) is -0.412. The summed E-state index contributed by atoms with van der Waals surface area (Å²) in [5.74, 6) is -0.231. The van der Waals surface area contributed by atoms with Gasteiger partial charge in [-0.3, -0.25) is 4.79 Å². The highest BCUT2D eigenvalue weighted by molar-refractivity contribution is 7.91. The van der Waals surface area contributed by atoms with Crippen LogP contribution >= 0.6 is 0 Å². The van der Waals surface area contributed by atoms with Crippen molar-refractivity contribution in [3.63, 3.8) is 0 Å². The summed E-state index contributed by atoms with van der Waals surface area (Å²) in [7, 11) is -3.30. The minimum atomic E-state index is -3.30. The molecule has 0 saturated carbocycles. The van der Waals surface area contributed by atoms with Crippen LogP contribution in [0, 0.1) is 0 Å². The van der Waals surface area contributed by atoms with E-state index in [9.17, 15) is 13.2 Å². The lowest BCUT2D eigenvalue weighted by atomic mass is 9.84. The third-order valence-corrected chi connectivity index (χ3v) is 4.84. The van der Waals surface area contributed by atoms with Crippen molar-refractivity contribution in [2.45, 2.75) is 24.5 Å². The highest BCUT2D eigenvalue weighted by Crippen LogP contribution is 2.35. The summed E-state index contributed by atoms with van der Waals surface area (Å²) in [4.78, 5) is 17.6. The van der Waals surface area contributed by atoms with Gasteiger partial charge >= 0.3 is 0 Å². The van der Waals surface area contributed by atoms with Crippen LogP contribution in [0.2, 0.25) is 0 Å². The van der Waals surface area contributed by atoms with Gasteiger partial charge in [0.15, 0.2) is 9.84 Å². The Balaban J connectivity index is 1.55. The zero-order chi connectivity index (χ0) is 16.5. The maximum absolute atomic E-state index is 11.9. The number of carbonyl (C=O) groups is 1. The number of pyridine rings is 1. The monoisotopic (exact) mass is 340 g/mol. The fourth-order valence-electron chi connectivity index (χ4n) is 3.03. The first-order chi connectivity index (χ1) is 10.9. The SMILES string of the molecule is CS(=O)(=O)CC(=O)N1CC2(C[C@@H](Oc3ccccn3)CCO2)C1. The van der Waals surface area contributed by atoms with Crippen LogP contribution < -0.4 is 4.74 Å². The molecular weight excluding hydrogens is 320 g/mol. The van der Waals surface area contributed by atoms with Gasteiger partial charge in [-0.25, -0.2) is 13.4 Å². The molecule has 1 atom stereocenters. The molecule has 1 aromatic heterocycles. The van der Waals surface area contributed by atoms with Gasteiger partial charge in [0, 0.05) is 31.4 Å². The van der Waals surface area contributed by atoms with Crippen molar-refractivity contribution >= 4 is 15.7 Å². The van der Waals surface area contributed by atoms with E-state index in [1.54, 1.807) is 6.20 Å². The number of ether oxygens (including phenoxy) is 2. The molecule has 2 fully saturated rings. The predicted molar refractivity (Wildman–Crippen MR) is 82.9 cm³/mol. The van der Waals surface area contributed by atoms with Gasteiger partial charge in [0.25, 0.3) is 0 Å². The number of sulfone groups is 1. The van der Waals surface area contributed by atoms with Crippen molar-refractivity contribution in [3.8, 4) is 5.88 Å². The highest BCUT2D eigenvalue weighted by atomic mass is 32.2. The van der Waals surface area contributed by atoms with Crippen LogP contribution in [0.1, 0.15) is 12.8 Å². The fraction of sp³-hybridized carbons (Fsp3) is 0.600. The molecule has 2 saturated heterocycles. The Hall–Kier alpha value is -1.67. The maximum Gasteiger partial charge on any atom is 0.237 e. The van der Waals surface area contributed by atoms with E-state index in [-0.39, 0.29) is 12.0 Å². The Bertz CT molecular complexity index is 670. The molecule has 0 aromatic carbocycles. The van der Waals surface area contributed by atoms with Gasteiger partial charge in [0.2, 0.25) is 11.8 Å². The van der Waals surface area contributed by atoms with Crippen molar-refractivity contribution in [2.75, 3.05) is 31.7 Å². The van der Waals surface area contributed by atoms with E-state index >= 15 is 0 Å². The van der Waals surface area contributed by atoms with Crippen molar-refractivity contribution in [2.24, 2.45) is 0 Å². The fourth-order valence-corrected chi connectivity index (χ4v) is 3.66. The van der Waals surface area contributed by atoms with Crippen LogP contribution in [0.5, 0.6) is 5.88 Å². The Labute approximate surface area is 135 Å². The molecule has 2 aliphatic heterocycles. The quantitative estimate of drug-likeness (QED) is 0.782. The molecule has 0 aliphatic carbocycles. The lowest BCUT2D eigenvalue weighted by molar-refractivity contribution is -0.191. The Kier molecular flexibility index (Phi) is 4.29. The van der Waals surface area contributed by atoms with Crippen molar-refractivity contribution in [1.29, 1.82) is 0 Å². The van der Waals surface area contributed by atoms with E-state index in [0.717, 1.165) is 12.7 Å². The highest BCUT2D eigenvalue weighted by Gasteiger charge is 2.50. The molecule has 7 nitrogen and oxygen atoms in total. The predicted octanol–water partition coefficient (Wildman–Crippen LogP) is 0.265. The summed E-state index contributed by atoms with van der Waals surface area (Å²) in [5, 5.41) is 0. The summed E-state index contributed by atoms with van der Waals surface area (Å²) >= 11 is 0. The average molecular weight is 340 g/mol. The maximum atomic E-state index is 11.9. The molecule has 23 heavy (non-hydrogen) atoms. The van der Waals surface area contributed by atoms with Gasteiger partial charge in [-0.05, 0) is 6.07 Å². The first-order valence-electron chi connectivity index (χ1n) is 7.52. The lowest BCUT2D eigenvalue weighted by Gasteiger charge is -2.52. The number of carbonyl (C=O) groups excluding carboxylic acids is 1. The van der Waals surface area contributed by atoms with Gasteiger partial charge in [-0.15, -0.1) is 0 Å². The standard InChI is InChI=1S/C15H20N2O5S/c1-23(19,20)9-14(18)17-10-15(11-17)8-12(5-7-21-15)22-13-4-2-3-6-16-13/h2-4,6,12H,5,7-11H2,1H3/t12-/m0/s1. The van der Waals surface area contributed by atoms with E-state index in [2.05, 4.69) is 4.98 Å². The number of nitrogens with zero attached hydrogens (tertiary/aromatic N) is 2. The average Bonchev–Trinajstić information content (AvgIpc) is 2.44. The van der Waals surface area contributed by atoms with Crippen molar-refractivity contribution < 1.29 is 22.7 Å². The molecule has 0 unspecified atom stereocenters. The third-order valence-electron chi connectivity index (χ3n) is 4.07. The Morgan fingerprint density at radius 2 is 2.26 bits per heavy atom. The van der Waals surface area contributed by atoms with E-state index in [1.807, 2.05) is 18.2 Å². The zero-order valence-corrected chi connectivity index (χ0v) is 13.8. The van der Waals surface area contributed by atoms with Crippen molar-refractivity contribution in [3.05, 3.63) is 24.4 Å². The largest absolute Gasteiger partial charge is 0.474 e. The molecule has 0 bridgehead atoms. The van der Waals surface area contributed by atoms with E-state index in [0.29, 0.717) is 32.0 Å². The van der Waals surface area contributed by atoms with Gasteiger partial charge in [-0.2, -0.15) is 0 Å². The number of hydrogen-bond donors (Lipinski definition) is 0. The van der Waals surface area contributed by atoms with Crippen LogP contribution in [0.15, 0.2) is 24.4 Å². The molecule has 0 N–H and O–H groups in total. The molecule has 1 aromatic rings. The Morgan fingerprint density at radius 1 is 1.48 bits per heavy atom. The molecule has 0 radical (unpaired) electrons. The third kappa shape index (κ3) is 4.00. The first-order valence-corrected chi connectivity index (χ1v) is 9.58. The van der Waals surface area contributed by atoms with Gasteiger partial charge in [0.1, 0.15) is 17.5 Å². The Morgan fingerprint density at radius 3 is 2.91 bits per heavy atom. The zero-order valence-electron chi connectivity index (χ0n) is 13.0. The summed E-state index contributed by atoms with van der Waals surface area (Å²) in [6.45, 7) is 1.40. The minimum Gasteiger partial charge on any atom is -0.474 e. The molecule has 8 heteroatoms. The minimum absolute atomic E-state index is 0.00851. The molecule has 3 heterocycles. The number of likely N-dealkylation sites (tertiary alicyclic amines) is 1. The van der Waals surface area contributed by atoms with Crippen molar-refractivity contribution in [1.82, 2.24) is 9.88 Å². The molecule has 2 aliphatic rings. The topological polar surface area (TPSA) is 85.8 Å². The molecule has 1 amide bonds. The second-order valence-corrected chi connectivity index (χ2v) is 8.39. The number of hydrogen-bond acceptors (Lipinski definition) is 6. The molecular formula is C15H20N2O5S. The number of amides is 1. The smallest absolute Gasteiger partial charge is 0.237 e. The summed E-state index contributed by atoms with van der Waals surface area (Å²) in [6.07, 6.45) is 4.18. The van der Waals surface area contributed by atoms with Gasteiger partial charge in [0.05, 0.1) is 19.7 Å². The first kappa shape index (κ1) is 16.2. The number of rotatable bonds is 4. The second kappa shape index (κ2) is 6.09. The van der Waals surface area contributed by atoms with Crippen LogP contribution in [0.25, 0.3) is 0 Å².